The van der Waals surface area contributed by atoms with Crippen LogP contribution in [0.1, 0.15) is 33.4 Å². The van der Waals surface area contributed by atoms with Gasteiger partial charge in [-0.3, -0.25) is 4.90 Å². The minimum Gasteiger partial charge on any atom is -0.354 e. The van der Waals surface area contributed by atoms with Crippen LogP contribution in [0.2, 0.25) is 0 Å². The van der Waals surface area contributed by atoms with Crippen molar-refractivity contribution in [3.63, 3.8) is 0 Å². The third-order valence-electron chi connectivity index (χ3n) is 4.15. The molecular weight excluding hydrogens is 260 g/mol. The Balaban J connectivity index is 1.94. The number of nitrogens with zero attached hydrogens (tertiary/aromatic N) is 3. The van der Waals surface area contributed by atoms with Crippen LogP contribution in [0.4, 0.5) is 5.82 Å². The fourth-order valence-electron chi connectivity index (χ4n) is 2.90. The van der Waals surface area contributed by atoms with Crippen molar-refractivity contribution in [1.82, 2.24) is 15.2 Å². The van der Waals surface area contributed by atoms with E-state index in [0.717, 1.165) is 50.8 Å². The van der Waals surface area contributed by atoms with E-state index in [9.17, 15) is 0 Å². The lowest BCUT2D eigenvalue weighted by Gasteiger charge is -2.40. The molecule has 0 saturated carbocycles. The van der Waals surface area contributed by atoms with E-state index in [4.69, 9.17) is 4.98 Å². The lowest BCUT2D eigenvalue weighted by molar-refractivity contribution is 0.199. The Morgan fingerprint density at radius 1 is 1.33 bits per heavy atom. The molecule has 0 aliphatic carbocycles. The number of pyridine rings is 1. The fraction of sp³-hybridized carbons (Fsp3) is 0.706. The Bertz CT molecular complexity index is 433. The van der Waals surface area contributed by atoms with Crippen LogP contribution in [-0.4, -0.2) is 48.6 Å². The van der Waals surface area contributed by atoms with E-state index in [1.807, 2.05) is 0 Å². The van der Waals surface area contributed by atoms with Crippen molar-refractivity contribution in [2.24, 2.45) is 5.92 Å². The van der Waals surface area contributed by atoms with Gasteiger partial charge in [0.1, 0.15) is 5.82 Å². The summed E-state index contributed by atoms with van der Waals surface area (Å²) in [6.07, 6.45) is 0. The largest absolute Gasteiger partial charge is 0.354 e. The molecule has 1 aliphatic rings. The monoisotopic (exact) mass is 290 g/mol. The lowest BCUT2D eigenvalue weighted by atomic mass is 10.2. The molecule has 0 spiro atoms. The zero-order valence-electron chi connectivity index (χ0n) is 14.0. The van der Waals surface area contributed by atoms with E-state index in [2.05, 4.69) is 61.0 Å². The van der Waals surface area contributed by atoms with Gasteiger partial charge in [0.25, 0.3) is 0 Å². The standard InChI is InChI=1S/C17H30N4/c1-5-20-9-10-21(13-15(20)4)17-8-6-7-16(19-17)12-18-11-14(2)3/h6-8,14-15,18H,5,9-13H2,1-4H3. The number of hydrogen-bond donors (Lipinski definition) is 1. The SMILES string of the molecule is CCN1CCN(c2cccc(CNCC(C)C)n2)CC1C. The number of nitrogens with one attached hydrogen (secondary N) is 1. The van der Waals surface area contributed by atoms with Gasteiger partial charge >= 0.3 is 0 Å². The highest BCUT2D eigenvalue weighted by Crippen LogP contribution is 2.17. The number of piperazine rings is 1. The maximum atomic E-state index is 4.82. The van der Waals surface area contributed by atoms with Gasteiger partial charge in [-0.15, -0.1) is 0 Å². The molecule has 1 aromatic rings. The van der Waals surface area contributed by atoms with Crippen molar-refractivity contribution in [1.29, 1.82) is 0 Å². The normalized spacial score (nSPS) is 20.2. The Hall–Kier alpha value is -1.13. The maximum absolute atomic E-state index is 4.82. The van der Waals surface area contributed by atoms with Crippen molar-refractivity contribution < 1.29 is 0 Å². The van der Waals surface area contributed by atoms with E-state index in [0.29, 0.717) is 12.0 Å². The smallest absolute Gasteiger partial charge is 0.128 e. The summed E-state index contributed by atoms with van der Waals surface area (Å²) >= 11 is 0. The molecule has 0 radical (unpaired) electrons. The summed E-state index contributed by atoms with van der Waals surface area (Å²) in [5.74, 6) is 1.80. The second-order valence-corrected chi connectivity index (χ2v) is 6.44. The predicted molar refractivity (Wildman–Crippen MR) is 89.7 cm³/mol. The van der Waals surface area contributed by atoms with Gasteiger partial charge in [0, 0.05) is 32.2 Å². The predicted octanol–water partition coefficient (Wildman–Crippen LogP) is 2.36. The average Bonchev–Trinajstić information content (AvgIpc) is 2.47. The highest BCUT2D eigenvalue weighted by atomic mass is 15.3. The van der Waals surface area contributed by atoms with Gasteiger partial charge in [0.15, 0.2) is 0 Å². The van der Waals surface area contributed by atoms with Gasteiger partial charge in [-0.2, -0.15) is 0 Å². The van der Waals surface area contributed by atoms with Crippen LogP contribution >= 0.6 is 0 Å². The molecule has 4 nitrogen and oxygen atoms in total. The minimum atomic E-state index is 0.605. The van der Waals surface area contributed by atoms with E-state index in [-0.39, 0.29) is 0 Å². The summed E-state index contributed by atoms with van der Waals surface area (Å²) in [7, 11) is 0. The van der Waals surface area contributed by atoms with Gasteiger partial charge in [-0.25, -0.2) is 4.98 Å². The maximum Gasteiger partial charge on any atom is 0.128 e. The third-order valence-corrected chi connectivity index (χ3v) is 4.15. The molecule has 1 saturated heterocycles. The second kappa shape index (κ2) is 7.76. The molecular formula is C17H30N4. The molecule has 1 unspecified atom stereocenters. The van der Waals surface area contributed by atoms with Gasteiger partial charge in [0.2, 0.25) is 0 Å². The molecule has 0 amide bonds. The minimum absolute atomic E-state index is 0.605. The molecule has 1 atom stereocenters. The number of anilines is 1. The van der Waals surface area contributed by atoms with Crippen LogP contribution < -0.4 is 10.2 Å². The van der Waals surface area contributed by atoms with E-state index in [1.165, 1.54) is 0 Å². The Kier molecular flexibility index (Phi) is 6.00. The topological polar surface area (TPSA) is 31.4 Å². The Morgan fingerprint density at radius 3 is 2.81 bits per heavy atom. The first-order valence-electron chi connectivity index (χ1n) is 8.25. The second-order valence-electron chi connectivity index (χ2n) is 6.44. The van der Waals surface area contributed by atoms with Crippen molar-refractivity contribution in [2.45, 2.75) is 40.3 Å². The van der Waals surface area contributed by atoms with E-state index >= 15 is 0 Å². The van der Waals surface area contributed by atoms with Crippen LogP contribution in [0.25, 0.3) is 0 Å². The van der Waals surface area contributed by atoms with Gasteiger partial charge in [-0.1, -0.05) is 26.8 Å². The molecule has 2 heterocycles. The number of aromatic nitrogens is 1. The molecule has 4 heteroatoms. The molecule has 1 aliphatic heterocycles. The van der Waals surface area contributed by atoms with Gasteiger partial charge in [0.05, 0.1) is 5.69 Å². The zero-order valence-corrected chi connectivity index (χ0v) is 14.0. The first-order valence-corrected chi connectivity index (χ1v) is 8.25. The summed E-state index contributed by atoms with van der Waals surface area (Å²) in [4.78, 5) is 9.78. The molecule has 0 aromatic carbocycles. The molecule has 2 rings (SSSR count). The summed E-state index contributed by atoms with van der Waals surface area (Å²) in [5.41, 5.74) is 1.14. The fourth-order valence-corrected chi connectivity index (χ4v) is 2.90. The van der Waals surface area contributed by atoms with Gasteiger partial charge in [-0.05, 0) is 38.1 Å². The summed E-state index contributed by atoms with van der Waals surface area (Å²) < 4.78 is 0. The van der Waals surface area contributed by atoms with Crippen molar-refractivity contribution in [3.05, 3.63) is 23.9 Å². The summed E-state index contributed by atoms with van der Waals surface area (Å²) in [6, 6.07) is 6.99. The van der Waals surface area contributed by atoms with Crippen molar-refractivity contribution in [2.75, 3.05) is 37.6 Å². The third kappa shape index (κ3) is 4.68. The molecule has 118 valence electrons. The van der Waals surface area contributed by atoms with Crippen molar-refractivity contribution >= 4 is 5.82 Å². The average molecular weight is 290 g/mol. The van der Waals surface area contributed by atoms with E-state index in [1.54, 1.807) is 0 Å². The summed E-state index contributed by atoms with van der Waals surface area (Å²) in [6.45, 7) is 15.3. The molecule has 1 fully saturated rings. The lowest BCUT2D eigenvalue weighted by Crippen LogP contribution is -2.52. The number of hydrogen-bond acceptors (Lipinski definition) is 4. The molecule has 21 heavy (non-hydrogen) atoms. The highest BCUT2D eigenvalue weighted by molar-refractivity contribution is 5.40. The van der Waals surface area contributed by atoms with Crippen molar-refractivity contribution in [3.8, 4) is 0 Å². The first kappa shape index (κ1) is 16.2. The Labute approximate surface area is 129 Å². The van der Waals surface area contributed by atoms with Crippen LogP contribution in [-0.2, 0) is 6.54 Å². The quantitative estimate of drug-likeness (QED) is 0.871. The molecule has 0 bridgehead atoms. The van der Waals surface area contributed by atoms with Crippen LogP contribution in [0.15, 0.2) is 18.2 Å². The van der Waals surface area contributed by atoms with Crippen LogP contribution in [0, 0.1) is 5.92 Å². The van der Waals surface area contributed by atoms with Crippen LogP contribution in [0.3, 0.4) is 0 Å². The summed E-state index contributed by atoms with van der Waals surface area (Å²) in [5, 5.41) is 3.47. The van der Waals surface area contributed by atoms with E-state index < -0.39 is 0 Å². The molecule has 1 N–H and O–H groups in total. The Morgan fingerprint density at radius 2 is 2.14 bits per heavy atom. The van der Waals surface area contributed by atoms with Gasteiger partial charge < -0.3 is 10.2 Å². The number of rotatable bonds is 6. The first-order chi connectivity index (χ1) is 10.1. The zero-order chi connectivity index (χ0) is 15.2. The number of likely N-dealkylation sites (N-methyl/N-ethyl adjacent to an activating group) is 1. The highest BCUT2D eigenvalue weighted by Gasteiger charge is 2.23. The molecule has 1 aromatic heterocycles. The van der Waals surface area contributed by atoms with Crippen LogP contribution in [0.5, 0.6) is 0 Å².